The first kappa shape index (κ1) is 23.2. The highest BCUT2D eigenvalue weighted by atomic mass is 16.6. The molecule has 0 saturated carbocycles. The van der Waals surface area contributed by atoms with Gasteiger partial charge in [0.25, 0.3) is 0 Å². The van der Waals surface area contributed by atoms with Crippen LogP contribution in [0.4, 0.5) is 0 Å². The molecule has 0 aromatic heterocycles. The molecule has 2 heterocycles. The van der Waals surface area contributed by atoms with Crippen LogP contribution in [-0.2, 0) is 15.1 Å². The number of rotatable bonds is 4. The second-order valence-corrected chi connectivity index (χ2v) is 8.74. The molecule has 8 nitrogen and oxygen atoms in total. The maximum atomic E-state index is 12.9. The first-order valence-corrected chi connectivity index (χ1v) is 11.6. The molecule has 2 aliphatic heterocycles. The Morgan fingerprint density at radius 1 is 0.895 bits per heavy atom. The van der Waals surface area contributed by atoms with E-state index in [9.17, 15) is 19.8 Å². The van der Waals surface area contributed by atoms with Gasteiger partial charge < -0.3 is 29.2 Å². The van der Waals surface area contributed by atoms with Crippen molar-refractivity contribution < 1.29 is 38.7 Å². The Hall–Kier alpha value is -5.24. The summed E-state index contributed by atoms with van der Waals surface area (Å²) < 4.78 is 22.7. The SMILES string of the molecule is COc1cc(C=CC(=O)Oc2ccc3c(c2)Oc2cc(O)ccc2C32OC(=O)c3ccccc32)ccc1O. The fourth-order valence-electron chi connectivity index (χ4n) is 4.82. The lowest BCUT2D eigenvalue weighted by Crippen LogP contribution is -2.33. The summed E-state index contributed by atoms with van der Waals surface area (Å²) in [5.41, 5.74) is 1.55. The normalized spacial score (nSPS) is 16.8. The van der Waals surface area contributed by atoms with Gasteiger partial charge in [0.15, 0.2) is 17.1 Å². The molecule has 38 heavy (non-hydrogen) atoms. The molecule has 0 amide bonds. The number of hydrogen-bond acceptors (Lipinski definition) is 8. The molecular formula is C30H20O8. The Morgan fingerprint density at radius 2 is 1.66 bits per heavy atom. The Morgan fingerprint density at radius 3 is 2.47 bits per heavy atom. The van der Waals surface area contributed by atoms with Crippen molar-refractivity contribution in [3.8, 4) is 34.5 Å². The van der Waals surface area contributed by atoms with Crippen molar-refractivity contribution in [2.75, 3.05) is 7.11 Å². The lowest BCUT2D eigenvalue weighted by atomic mass is 9.77. The van der Waals surface area contributed by atoms with Gasteiger partial charge in [-0.05, 0) is 54.1 Å². The van der Waals surface area contributed by atoms with Crippen LogP contribution in [0, 0.1) is 0 Å². The third-order valence-electron chi connectivity index (χ3n) is 6.50. The predicted octanol–water partition coefficient (Wildman–Crippen LogP) is 5.29. The molecule has 4 aromatic carbocycles. The largest absolute Gasteiger partial charge is 0.508 e. The number of fused-ring (bicyclic) bond motifs is 6. The lowest BCUT2D eigenvalue weighted by Gasteiger charge is -2.36. The van der Waals surface area contributed by atoms with E-state index in [4.69, 9.17) is 18.9 Å². The van der Waals surface area contributed by atoms with E-state index in [1.54, 1.807) is 42.5 Å². The molecule has 188 valence electrons. The molecule has 0 radical (unpaired) electrons. The number of methoxy groups -OCH3 is 1. The number of phenolic OH excluding ortho intramolecular Hbond substituents is 2. The van der Waals surface area contributed by atoms with Gasteiger partial charge in [0.1, 0.15) is 23.0 Å². The molecule has 8 heteroatoms. The highest BCUT2D eigenvalue weighted by Gasteiger charge is 2.53. The first-order chi connectivity index (χ1) is 18.4. The van der Waals surface area contributed by atoms with E-state index in [-0.39, 0.29) is 23.0 Å². The molecule has 6 rings (SSSR count). The highest BCUT2D eigenvalue weighted by molar-refractivity contribution is 5.97. The van der Waals surface area contributed by atoms with Crippen LogP contribution in [0.5, 0.6) is 34.5 Å². The van der Waals surface area contributed by atoms with Gasteiger partial charge in [0.05, 0.1) is 12.7 Å². The minimum Gasteiger partial charge on any atom is -0.508 e. The molecule has 0 fully saturated rings. The fraction of sp³-hybridized carbons (Fsp3) is 0.0667. The molecule has 1 unspecified atom stereocenters. The number of hydrogen-bond donors (Lipinski definition) is 2. The minimum atomic E-state index is -1.29. The van der Waals surface area contributed by atoms with Crippen LogP contribution in [-0.4, -0.2) is 29.3 Å². The summed E-state index contributed by atoms with van der Waals surface area (Å²) in [6.07, 6.45) is 2.78. The Bertz CT molecular complexity index is 1650. The maximum Gasteiger partial charge on any atom is 0.340 e. The number of benzene rings is 4. The molecular weight excluding hydrogens is 488 g/mol. The van der Waals surface area contributed by atoms with Crippen LogP contribution in [0.2, 0.25) is 0 Å². The average Bonchev–Trinajstić information content (AvgIpc) is 3.20. The molecule has 1 atom stereocenters. The fourth-order valence-corrected chi connectivity index (χ4v) is 4.82. The zero-order valence-corrected chi connectivity index (χ0v) is 20.0. The Labute approximate surface area is 216 Å². The number of phenols is 2. The van der Waals surface area contributed by atoms with Gasteiger partial charge in [-0.2, -0.15) is 0 Å². The highest BCUT2D eigenvalue weighted by Crippen LogP contribution is 2.56. The Balaban J connectivity index is 1.35. The smallest absolute Gasteiger partial charge is 0.340 e. The molecule has 2 N–H and O–H groups in total. The quantitative estimate of drug-likeness (QED) is 0.217. The summed E-state index contributed by atoms with van der Waals surface area (Å²) in [7, 11) is 1.43. The van der Waals surface area contributed by atoms with Gasteiger partial charge in [-0.15, -0.1) is 0 Å². The van der Waals surface area contributed by atoms with Gasteiger partial charge in [-0.3, -0.25) is 0 Å². The first-order valence-electron chi connectivity index (χ1n) is 11.6. The molecule has 2 aliphatic rings. The van der Waals surface area contributed by atoms with Crippen LogP contribution in [0.25, 0.3) is 6.08 Å². The van der Waals surface area contributed by atoms with Crippen molar-refractivity contribution in [3.63, 3.8) is 0 Å². The maximum absolute atomic E-state index is 12.9. The molecule has 4 aromatic rings. The van der Waals surface area contributed by atoms with Gasteiger partial charge in [0, 0.05) is 34.9 Å². The van der Waals surface area contributed by atoms with Gasteiger partial charge in [-0.1, -0.05) is 24.3 Å². The summed E-state index contributed by atoms with van der Waals surface area (Å²) in [6, 6.07) is 21.2. The second-order valence-electron chi connectivity index (χ2n) is 8.74. The number of aromatic hydroxyl groups is 2. The second kappa shape index (κ2) is 8.70. The average molecular weight is 508 g/mol. The standard InChI is InChI=1S/C30H20O8/c1-35-27-14-17(6-12-24(27)32)7-13-28(33)36-19-9-11-23-26(16-19)37-25-15-18(31)8-10-22(25)30(23)21-5-3-2-4-20(21)29(34)38-30/h2-16,31-32H,1H3. The zero-order chi connectivity index (χ0) is 26.4. The van der Waals surface area contributed by atoms with Crippen LogP contribution in [0.15, 0.2) is 84.9 Å². The van der Waals surface area contributed by atoms with E-state index >= 15 is 0 Å². The van der Waals surface area contributed by atoms with Crippen molar-refractivity contribution >= 4 is 18.0 Å². The van der Waals surface area contributed by atoms with E-state index in [2.05, 4.69) is 0 Å². The van der Waals surface area contributed by atoms with Crippen molar-refractivity contribution in [2.24, 2.45) is 0 Å². The van der Waals surface area contributed by atoms with Crippen molar-refractivity contribution in [3.05, 3.63) is 113 Å². The van der Waals surface area contributed by atoms with Crippen molar-refractivity contribution in [1.29, 1.82) is 0 Å². The third kappa shape index (κ3) is 3.62. The number of carbonyl (C=O) groups is 2. The minimum absolute atomic E-state index is 0.00971. The van der Waals surface area contributed by atoms with Crippen LogP contribution in [0.3, 0.4) is 0 Å². The van der Waals surface area contributed by atoms with Crippen LogP contribution in [0.1, 0.15) is 32.6 Å². The lowest BCUT2D eigenvalue weighted by molar-refractivity contribution is -0.128. The molecule has 1 spiro atoms. The van der Waals surface area contributed by atoms with E-state index in [0.29, 0.717) is 39.3 Å². The monoisotopic (exact) mass is 508 g/mol. The molecule has 0 aliphatic carbocycles. The Kier molecular flexibility index (Phi) is 5.31. The third-order valence-corrected chi connectivity index (χ3v) is 6.50. The number of esters is 2. The van der Waals surface area contributed by atoms with E-state index in [1.807, 2.05) is 12.1 Å². The van der Waals surface area contributed by atoms with Gasteiger partial charge in [0.2, 0.25) is 0 Å². The molecule has 0 bridgehead atoms. The number of ether oxygens (including phenoxy) is 4. The summed E-state index contributed by atoms with van der Waals surface area (Å²) in [5, 5.41) is 19.8. The summed E-state index contributed by atoms with van der Waals surface area (Å²) in [4.78, 5) is 25.4. The van der Waals surface area contributed by atoms with Crippen molar-refractivity contribution in [1.82, 2.24) is 0 Å². The van der Waals surface area contributed by atoms with Gasteiger partial charge >= 0.3 is 11.9 Å². The summed E-state index contributed by atoms with van der Waals surface area (Å²) in [6.45, 7) is 0. The summed E-state index contributed by atoms with van der Waals surface area (Å²) >= 11 is 0. The van der Waals surface area contributed by atoms with Crippen molar-refractivity contribution in [2.45, 2.75) is 5.60 Å². The molecule has 0 saturated heterocycles. The van der Waals surface area contributed by atoms with Crippen LogP contribution < -0.4 is 14.2 Å². The van der Waals surface area contributed by atoms with Gasteiger partial charge in [-0.25, -0.2) is 9.59 Å². The zero-order valence-electron chi connectivity index (χ0n) is 20.0. The van der Waals surface area contributed by atoms with E-state index in [0.717, 1.165) is 0 Å². The van der Waals surface area contributed by atoms with E-state index < -0.39 is 17.5 Å². The van der Waals surface area contributed by atoms with E-state index in [1.165, 1.54) is 43.5 Å². The topological polar surface area (TPSA) is 112 Å². The number of carbonyl (C=O) groups excluding carboxylic acids is 2. The predicted molar refractivity (Wildman–Crippen MR) is 136 cm³/mol. The van der Waals surface area contributed by atoms with Crippen LogP contribution >= 0.6 is 0 Å². The summed E-state index contributed by atoms with van der Waals surface area (Å²) in [5.74, 6) is -0.0307.